The lowest BCUT2D eigenvalue weighted by atomic mass is 9.81. The summed E-state index contributed by atoms with van der Waals surface area (Å²) in [6.07, 6.45) is 0. The number of rotatable bonds is 5. The van der Waals surface area contributed by atoms with Crippen molar-refractivity contribution in [3.05, 3.63) is 89.0 Å². The maximum Gasteiger partial charge on any atom is 0.326 e. The number of imide groups is 1. The Bertz CT molecular complexity index is 1320. The Morgan fingerprint density at radius 3 is 2.40 bits per heavy atom. The van der Waals surface area contributed by atoms with Crippen LogP contribution in [0.1, 0.15) is 22.3 Å². The zero-order chi connectivity index (χ0) is 24.6. The van der Waals surface area contributed by atoms with Crippen molar-refractivity contribution in [1.29, 1.82) is 0 Å². The summed E-state index contributed by atoms with van der Waals surface area (Å²) in [6, 6.07) is 19.1. The molecular formula is C27H25N3O5. The van der Waals surface area contributed by atoms with Crippen LogP contribution in [0.15, 0.2) is 66.7 Å². The van der Waals surface area contributed by atoms with E-state index in [1.807, 2.05) is 50.2 Å². The minimum Gasteiger partial charge on any atom is -0.486 e. The second-order valence-corrected chi connectivity index (χ2v) is 8.64. The summed E-state index contributed by atoms with van der Waals surface area (Å²) in [7, 11) is 0. The molecule has 3 aromatic rings. The minimum atomic E-state index is -1.42. The molecule has 0 saturated carbocycles. The number of hydrogen-bond acceptors (Lipinski definition) is 5. The number of ether oxygens (including phenoxy) is 2. The van der Waals surface area contributed by atoms with Gasteiger partial charge in [-0.25, -0.2) is 4.79 Å². The third-order valence-electron chi connectivity index (χ3n) is 6.38. The number of fused-ring (bicyclic) bond motifs is 1. The number of nitrogens with one attached hydrogen (secondary N) is 2. The Kier molecular flexibility index (Phi) is 5.64. The third kappa shape index (κ3) is 3.97. The molecule has 1 fully saturated rings. The fourth-order valence-corrected chi connectivity index (χ4v) is 4.41. The fraction of sp³-hybridized carbons (Fsp3) is 0.222. The maximum atomic E-state index is 13.8. The number of benzene rings is 3. The van der Waals surface area contributed by atoms with Crippen LogP contribution in [0.25, 0.3) is 0 Å². The second-order valence-electron chi connectivity index (χ2n) is 8.64. The van der Waals surface area contributed by atoms with Crippen molar-refractivity contribution in [1.82, 2.24) is 10.2 Å². The van der Waals surface area contributed by atoms with Crippen LogP contribution >= 0.6 is 0 Å². The van der Waals surface area contributed by atoms with Crippen molar-refractivity contribution in [2.45, 2.75) is 19.4 Å². The van der Waals surface area contributed by atoms with Crippen LogP contribution in [0, 0.1) is 13.8 Å². The van der Waals surface area contributed by atoms with Crippen LogP contribution in [0.5, 0.6) is 11.5 Å². The Hall–Kier alpha value is -4.33. The number of carbonyl (C=O) groups excluding carboxylic acids is 3. The van der Waals surface area contributed by atoms with E-state index in [2.05, 4.69) is 10.6 Å². The van der Waals surface area contributed by atoms with Crippen molar-refractivity contribution in [3.63, 3.8) is 0 Å². The average molecular weight is 472 g/mol. The topological polar surface area (TPSA) is 97.0 Å². The molecule has 2 aliphatic rings. The van der Waals surface area contributed by atoms with Crippen molar-refractivity contribution in [2.24, 2.45) is 0 Å². The van der Waals surface area contributed by atoms with E-state index in [-0.39, 0.29) is 0 Å². The number of urea groups is 1. The Morgan fingerprint density at radius 2 is 1.66 bits per heavy atom. The summed E-state index contributed by atoms with van der Waals surface area (Å²) >= 11 is 0. The molecule has 1 unspecified atom stereocenters. The van der Waals surface area contributed by atoms with E-state index in [0.29, 0.717) is 41.5 Å². The van der Waals surface area contributed by atoms with Gasteiger partial charge in [0, 0.05) is 11.8 Å². The SMILES string of the molecule is Cc1ccc(C2(c3ccccc3)NC(=O)N(CC(=O)Nc3ccc4c(c3)OCCO4)C2=O)cc1C. The van der Waals surface area contributed by atoms with Gasteiger partial charge < -0.3 is 20.1 Å². The van der Waals surface area contributed by atoms with Crippen molar-refractivity contribution in [3.8, 4) is 11.5 Å². The number of carbonyl (C=O) groups is 3. The molecule has 2 aliphatic heterocycles. The predicted molar refractivity (Wildman–Crippen MR) is 129 cm³/mol. The quantitative estimate of drug-likeness (QED) is 0.555. The molecule has 35 heavy (non-hydrogen) atoms. The monoisotopic (exact) mass is 471 g/mol. The summed E-state index contributed by atoms with van der Waals surface area (Å²) in [4.78, 5) is 40.7. The van der Waals surface area contributed by atoms with Gasteiger partial charge in [0.15, 0.2) is 17.0 Å². The third-order valence-corrected chi connectivity index (χ3v) is 6.38. The molecule has 2 N–H and O–H groups in total. The lowest BCUT2D eigenvalue weighted by Crippen LogP contribution is -2.45. The van der Waals surface area contributed by atoms with Crippen LogP contribution in [0.2, 0.25) is 0 Å². The second kappa shape index (κ2) is 8.79. The first-order chi connectivity index (χ1) is 16.9. The van der Waals surface area contributed by atoms with Crippen molar-refractivity contribution in [2.75, 3.05) is 25.1 Å². The van der Waals surface area contributed by atoms with Crippen LogP contribution < -0.4 is 20.1 Å². The molecule has 4 amide bonds. The number of hydrogen-bond donors (Lipinski definition) is 2. The molecule has 0 aromatic heterocycles. The average Bonchev–Trinajstić information content (AvgIpc) is 3.11. The smallest absolute Gasteiger partial charge is 0.326 e. The van der Waals surface area contributed by atoms with Gasteiger partial charge in [0.05, 0.1) is 0 Å². The molecule has 5 rings (SSSR count). The van der Waals surface area contributed by atoms with Crippen LogP contribution in [-0.4, -0.2) is 42.5 Å². The molecule has 0 aliphatic carbocycles. The van der Waals surface area contributed by atoms with Gasteiger partial charge in [0.2, 0.25) is 5.91 Å². The van der Waals surface area contributed by atoms with Gasteiger partial charge in [-0.3, -0.25) is 14.5 Å². The molecule has 0 radical (unpaired) electrons. The van der Waals surface area contributed by atoms with E-state index >= 15 is 0 Å². The fourth-order valence-electron chi connectivity index (χ4n) is 4.41. The highest BCUT2D eigenvalue weighted by Gasteiger charge is 2.54. The Morgan fingerprint density at radius 1 is 0.914 bits per heavy atom. The van der Waals surface area contributed by atoms with E-state index < -0.39 is 29.9 Å². The predicted octanol–water partition coefficient (Wildman–Crippen LogP) is 3.51. The molecule has 0 spiro atoms. The summed E-state index contributed by atoms with van der Waals surface area (Å²) in [5.41, 5.74) is 2.39. The molecular weight excluding hydrogens is 446 g/mol. The molecule has 2 heterocycles. The van der Waals surface area contributed by atoms with E-state index in [1.165, 1.54) is 0 Å². The summed E-state index contributed by atoms with van der Waals surface area (Å²) in [6.45, 7) is 4.40. The van der Waals surface area contributed by atoms with E-state index in [1.54, 1.807) is 30.3 Å². The first-order valence-electron chi connectivity index (χ1n) is 11.4. The summed E-state index contributed by atoms with van der Waals surface area (Å²) < 4.78 is 11.0. The van der Waals surface area contributed by atoms with Crippen molar-refractivity contribution >= 4 is 23.5 Å². The molecule has 3 aromatic carbocycles. The van der Waals surface area contributed by atoms with Crippen molar-refractivity contribution < 1.29 is 23.9 Å². The zero-order valence-electron chi connectivity index (χ0n) is 19.5. The van der Waals surface area contributed by atoms with Crippen LogP contribution in [0.3, 0.4) is 0 Å². The highest BCUT2D eigenvalue weighted by atomic mass is 16.6. The van der Waals surface area contributed by atoms with Gasteiger partial charge in [-0.05, 0) is 48.2 Å². The Labute approximate surface area is 202 Å². The molecule has 0 bridgehead atoms. The highest BCUT2D eigenvalue weighted by molar-refractivity contribution is 6.12. The summed E-state index contributed by atoms with van der Waals surface area (Å²) in [5, 5.41) is 5.61. The van der Waals surface area contributed by atoms with E-state index in [4.69, 9.17) is 9.47 Å². The largest absolute Gasteiger partial charge is 0.486 e. The number of anilines is 1. The summed E-state index contributed by atoms with van der Waals surface area (Å²) in [5.74, 6) is 0.120. The number of nitrogens with zero attached hydrogens (tertiary/aromatic N) is 1. The molecule has 8 heteroatoms. The normalized spacial score (nSPS) is 18.9. The molecule has 178 valence electrons. The first-order valence-corrected chi connectivity index (χ1v) is 11.4. The van der Waals surface area contributed by atoms with Gasteiger partial charge >= 0.3 is 6.03 Å². The standard InChI is InChI=1S/C27H25N3O5/c1-17-8-9-20(14-18(17)2)27(19-6-4-3-5-7-19)25(32)30(26(33)29-27)16-24(31)28-21-10-11-22-23(15-21)35-13-12-34-22/h3-11,14-15H,12-13,16H2,1-2H3,(H,28,31)(H,29,33). The van der Waals surface area contributed by atoms with Gasteiger partial charge in [-0.15, -0.1) is 0 Å². The number of aryl methyl sites for hydroxylation is 2. The van der Waals surface area contributed by atoms with Gasteiger partial charge in [-0.2, -0.15) is 0 Å². The number of amides is 4. The molecule has 8 nitrogen and oxygen atoms in total. The lowest BCUT2D eigenvalue weighted by Gasteiger charge is -2.28. The zero-order valence-corrected chi connectivity index (χ0v) is 19.5. The minimum absolute atomic E-state index is 0.424. The van der Waals surface area contributed by atoms with Gasteiger partial charge in [-0.1, -0.05) is 48.5 Å². The van der Waals surface area contributed by atoms with Gasteiger partial charge in [0.25, 0.3) is 5.91 Å². The van der Waals surface area contributed by atoms with E-state index in [9.17, 15) is 14.4 Å². The molecule has 1 atom stereocenters. The Balaban J connectivity index is 1.43. The maximum absolute atomic E-state index is 13.8. The molecule has 1 saturated heterocycles. The van der Waals surface area contributed by atoms with E-state index in [0.717, 1.165) is 16.0 Å². The highest BCUT2D eigenvalue weighted by Crippen LogP contribution is 2.37. The lowest BCUT2D eigenvalue weighted by molar-refractivity contribution is -0.133. The first kappa shape index (κ1) is 22.5. The van der Waals surface area contributed by atoms with Crippen LogP contribution in [0.4, 0.5) is 10.5 Å². The van der Waals surface area contributed by atoms with Crippen LogP contribution in [-0.2, 0) is 15.1 Å². The van der Waals surface area contributed by atoms with Gasteiger partial charge in [0.1, 0.15) is 19.8 Å².